The van der Waals surface area contributed by atoms with Crippen molar-refractivity contribution in [3.05, 3.63) is 47.6 Å². The van der Waals surface area contributed by atoms with E-state index in [0.717, 1.165) is 63.2 Å². The number of piperazine rings is 1. The van der Waals surface area contributed by atoms with Gasteiger partial charge >= 0.3 is 0 Å². The van der Waals surface area contributed by atoms with Gasteiger partial charge in [0.1, 0.15) is 23.7 Å². The summed E-state index contributed by atoms with van der Waals surface area (Å²) in [6, 6.07) is 12.1. The SMILES string of the molecule is COc1nc(N2CCC(N3CCN(C)CC3)CC2)ccc1Nc1ncc(Cl)c(Nc2ccccc2P(C)(C)=O)n1. The zero-order chi connectivity index (χ0) is 28.3. The van der Waals surface area contributed by atoms with Crippen molar-refractivity contribution in [2.24, 2.45) is 0 Å². The van der Waals surface area contributed by atoms with Crippen LogP contribution in [0.15, 0.2) is 42.6 Å². The van der Waals surface area contributed by atoms with Crippen LogP contribution in [0, 0.1) is 0 Å². The van der Waals surface area contributed by atoms with Crippen molar-refractivity contribution in [1.82, 2.24) is 24.8 Å². The molecule has 0 saturated carbocycles. The van der Waals surface area contributed by atoms with E-state index >= 15 is 0 Å². The third-order valence-electron chi connectivity index (χ3n) is 7.61. The van der Waals surface area contributed by atoms with Gasteiger partial charge in [0.05, 0.1) is 19.0 Å². The normalized spacial score (nSPS) is 17.6. The molecule has 0 atom stereocenters. The molecule has 12 heteroatoms. The van der Waals surface area contributed by atoms with Crippen LogP contribution in [-0.4, -0.2) is 97.5 Å². The van der Waals surface area contributed by atoms with E-state index in [-0.39, 0.29) is 0 Å². The van der Waals surface area contributed by atoms with E-state index in [1.165, 1.54) is 6.20 Å². The Labute approximate surface area is 241 Å². The van der Waals surface area contributed by atoms with Crippen LogP contribution in [0.4, 0.5) is 29.0 Å². The molecule has 0 amide bonds. The molecule has 214 valence electrons. The molecule has 3 aromatic rings. The number of likely N-dealkylation sites (N-methyl/N-ethyl adjacent to an activating group) is 1. The molecule has 2 aliphatic heterocycles. The van der Waals surface area contributed by atoms with E-state index in [0.29, 0.717) is 40.1 Å². The quantitative estimate of drug-likeness (QED) is 0.369. The number of hydrogen-bond acceptors (Lipinski definition) is 10. The minimum absolute atomic E-state index is 0.335. The molecule has 2 fully saturated rings. The molecule has 0 bridgehead atoms. The Balaban J connectivity index is 1.27. The molecule has 40 heavy (non-hydrogen) atoms. The van der Waals surface area contributed by atoms with Gasteiger partial charge in [-0.25, -0.2) is 4.98 Å². The molecule has 5 rings (SSSR count). The first-order chi connectivity index (χ1) is 19.2. The lowest BCUT2D eigenvalue weighted by Crippen LogP contribution is -2.52. The average molecular weight is 585 g/mol. The molecule has 0 aliphatic carbocycles. The molecule has 10 nitrogen and oxygen atoms in total. The minimum Gasteiger partial charge on any atom is -0.479 e. The zero-order valence-corrected chi connectivity index (χ0v) is 25.3. The van der Waals surface area contributed by atoms with Crippen LogP contribution in [0.25, 0.3) is 0 Å². The van der Waals surface area contributed by atoms with Gasteiger partial charge in [0, 0.05) is 50.6 Å². The number of anilines is 5. The van der Waals surface area contributed by atoms with Crippen molar-refractivity contribution >= 4 is 53.0 Å². The van der Waals surface area contributed by atoms with Gasteiger partial charge in [-0.3, -0.25) is 4.90 Å². The number of aromatic nitrogens is 3. The van der Waals surface area contributed by atoms with Crippen LogP contribution in [-0.2, 0) is 4.57 Å². The van der Waals surface area contributed by atoms with Gasteiger partial charge in [-0.15, -0.1) is 0 Å². The number of pyridine rings is 1. The van der Waals surface area contributed by atoms with Gasteiger partial charge in [-0.2, -0.15) is 9.97 Å². The third kappa shape index (κ3) is 6.69. The van der Waals surface area contributed by atoms with Gasteiger partial charge < -0.3 is 29.7 Å². The number of nitrogens with zero attached hydrogens (tertiary/aromatic N) is 6. The maximum Gasteiger partial charge on any atom is 0.239 e. The fraction of sp³-hybridized carbons (Fsp3) is 0.464. The van der Waals surface area contributed by atoms with E-state index in [9.17, 15) is 4.57 Å². The van der Waals surface area contributed by atoms with Crippen molar-refractivity contribution in [2.75, 3.05) is 82.3 Å². The average Bonchev–Trinajstić information content (AvgIpc) is 2.95. The zero-order valence-electron chi connectivity index (χ0n) is 23.6. The summed E-state index contributed by atoms with van der Waals surface area (Å²) in [7, 11) is 1.29. The number of halogens is 1. The highest BCUT2D eigenvalue weighted by molar-refractivity contribution is 7.70. The lowest BCUT2D eigenvalue weighted by Gasteiger charge is -2.42. The van der Waals surface area contributed by atoms with Gasteiger partial charge in [0.15, 0.2) is 5.82 Å². The van der Waals surface area contributed by atoms with Gasteiger partial charge in [0.2, 0.25) is 11.8 Å². The molecule has 2 saturated heterocycles. The summed E-state index contributed by atoms with van der Waals surface area (Å²) in [6.45, 7) is 10.0. The van der Waals surface area contributed by atoms with Crippen molar-refractivity contribution < 1.29 is 9.30 Å². The Hall–Kier alpha value is -2.91. The predicted octanol–water partition coefficient (Wildman–Crippen LogP) is 4.49. The van der Waals surface area contributed by atoms with Crippen molar-refractivity contribution in [3.8, 4) is 5.88 Å². The van der Waals surface area contributed by atoms with Crippen molar-refractivity contribution in [3.63, 3.8) is 0 Å². The van der Waals surface area contributed by atoms with E-state index in [4.69, 9.17) is 21.3 Å². The lowest BCUT2D eigenvalue weighted by atomic mass is 10.0. The summed E-state index contributed by atoms with van der Waals surface area (Å²) >= 11 is 6.42. The van der Waals surface area contributed by atoms with Crippen LogP contribution >= 0.6 is 18.7 Å². The molecule has 4 heterocycles. The summed E-state index contributed by atoms with van der Waals surface area (Å²) in [5.74, 6) is 2.11. The highest BCUT2D eigenvalue weighted by Gasteiger charge is 2.27. The second kappa shape index (κ2) is 12.3. The highest BCUT2D eigenvalue weighted by atomic mass is 35.5. The lowest BCUT2D eigenvalue weighted by molar-refractivity contribution is 0.0981. The molecule has 0 unspecified atom stereocenters. The first-order valence-electron chi connectivity index (χ1n) is 13.6. The van der Waals surface area contributed by atoms with Crippen LogP contribution in [0.1, 0.15) is 12.8 Å². The molecule has 0 spiro atoms. The molecule has 0 radical (unpaired) electrons. The van der Waals surface area contributed by atoms with Crippen LogP contribution in [0.2, 0.25) is 5.02 Å². The second-order valence-corrected chi connectivity index (χ2v) is 14.4. The maximum atomic E-state index is 12.8. The van der Waals surface area contributed by atoms with Gasteiger partial charge in [-0.1, -0.05) is 23.7 Å². The third-order valence-corrected chi connectivity index (χ3v) is 9.44. The molecule has 1 aromatic carbocycles. The number of benzene rings is 1. The Kier molecular flexibility index (Phi) is 8.80. The summed E-state index contributed by atoms with van der Waals surface area (Å²) in [4.78, 5) is 21.1. The number of piperidine rings is 1. The predicted molar refractivity (Wildman–Crippen MR) is 164 cm³/mol. The van der Waals surface area contributed by atoms with E-state index in [2.05, 4.69) is 42.3 Å². The van der Waals surface area contributed by atoms with E-state index in [1.54, 1.807) is 20.4 Å². The molecule has 2 aromatic heterocycles. The number of hydrogen-bond donors (Lipinski definition) is 2. The second-order valence-electron chi connectivity index (χ2n) is 10.8. The number of para-hydroxylation sites is 1. The summed E-state index contributed by atoms with van der Waals surface area (Å²) < 4.78 is 18.4. The molecular formula is C28H38ClN8O2P. The van der Waals surface area contributed by atoms with Crippen LogP contribution < -0.4 is 25.6 Å². The maximum absolute atomic E-state index is 12.8. The Bertz CT molecular complexity index is 1370. The minimum atomic E-state index is -2.51. The number of methoxy groups -OCH3 is 1. The van der Waals surface area contributed by atoms with E-state index < -0.39 is 7.14 Å². The first-order valence-corrected chi connectivity index (χ1v) is 16.6. The standard InChI is InChI=1S/C28H38ClN8O2P/c1-35-15-17-36(18-16-35)20-11-13-37(14-12-20)25-10-9-23(27(33-25)39-2)32-28-30-19-21(29)26(34-28)31-22-7-5-6-8-24(22)40(3,4)38/h5-10,19-20H,11-18H2,1-4H3,(H2,30,31,32,34). The summed E-state index contributed by atoms with van der Waals surface area (Å²) in [5.41, 5.74) is 1.35. The highest BCUT2D eigenvalue weighted by Crippen LogP contribution is 2.39. The van der Waals surface area contributed by atoms with Crippen LogP contribution in [0.5, 0.6) is 5.88 Å². The van der Waals surface area contributed by atoms with Crippen LogP contribution in [0.3, 0.4) is 0 Å². The fourth-order valence-electron chi connectivity index (χ4n) is 5.32. The largest absolute Gasteiger partial charge is 0.479 e. The molecule has 2 N–H and O–H groups in total. The molecular weight excluding hydrogens is 547 g/mol. The fourth-order valence-corrected chi connectivity index (χ4v) is 6.61. The van der Waals surface area contributed by atoms with E-state index in [1.807, 2.05) is 36.4 Å². The smallest absolute Gasteiger partial charge is 0.239 e. The Morgan fingerprint density at radius 3 is 2.38 bits per heavy atom. The number of ether oxygens (including phenoxy) is 1. The monoisotopic (exact) mass is 584 g/mol. The van der Waals surface area contributed by atoms with Gasteiger partial charge in [-0.05, 0) is 57.5 Å². The summed E-state index contributed by atoms with van der Waals surface area (Å²) in [5, 5.41) is 7.52. The topological polar surface area (TPSA) is 98.8 Å². The Morgan fingerprint density at radius 1 is 0.950 bits per heavy atom. The van der Waals surface area contributed by atoms with Gasteiger partial charge in [0.25, 0.3) is 0 Å². The Morgan fingerprint density at radius 2 is 1.68 bits per heavy atom. The van der Waals surface area contributed by atoms with Crippen molar-refractivity contribution in [2.45, 2.75) is 18.9 Å². The summed E-state index contributed by atoms with van der Waals surface area (Å²) in [6.07, 6.45) is 3.80. The first kappa shape index (κ1) is 28.6. The number of rotatable bonds is 8. The number of nitrogens with one attached hydrogen (secondary N) is 2. The molecule has 2 aliphatic rings. The van der Waals surface area contributed by atoms with Crippen molar-refractivity contribution in [1.29, 1.82) is 0 Å².